The van der Waals surface area contributed by atoms with Crippen LogP contribution in [0, 0.1) is 0 Å². The number of aliphatic hydroxyl groups excluding tert-OH is 4. The molecule has 14 N–H and O–H groups in total. The summed E-state index contributed by atoms with van der Waals surface area (Å²) in [6.07, 6.45) is -12.1. The van der Waals surface area contributed by atoms with Gasteiger partial charge < -0.3 is 60.9 Å². The highest BCUT2D eigenvalue weighted by Crippen LogP contribution is 2.48. The Morgan fingerprint density at radius 1 is 0.724 bits per heavy atom. The smallest absolute Gasteiger partial charge is 0.387 e. The fraction of sp³-hybridized carbons (Fsp3) is 0.600. The number of aromatic nitrogens is 8. The van der Waals surface area contributed by atoms with Crippen molar-refractivity contribution >= 4 is 57.7 Å². The number of hydrogen-bond donors (Lipinski definition) is 12. The van der Waals surface area contributed by atoms with Crippen molar-refractivity contribution in [2.45, 2.75) is 55.2 Å². The van der Waals surface area contributed by atoms with Crippen LogP contribution in [0.1, 0.15) is 12.5 Å². The number of aliphatic hydroxyl groups is 4. The predicted octanol–water partition coefficient (Wildman–Crippen LogP) is -5.74. The summed E-state index contributed by atoms with van der Waals surface area (Å²) in [4.78, 5) is 76.6. The Labute approximate surface area is 322 Å². The zero-order valence-electron chi connectivity index (χ0n) is 29.8. The molecule has 0 amide bonds. The van der Waals surface area contributed by atoms with Gasteiger partial charge in [-0.1, -0.05) is 9.97 Å². The van der Waals surface area contributed by atoms with Crippen LogP contribution < -0.4 is 31.7 Å². The number of phosphoric ester groups is 3. The number of phosphoric acid groups is 3. The van der Waals surface area contributed by atoms with E-state index in [9.17, 15) is 63.3 Å². The van der Waals surface area contributed by atoms with Crippen molar-refractivity contribution in [2.75, 3.05) is 37.9 Å². The van der Waals surface area contributed by atoms with Gasteiger partial charge >= 0.3 is 34.8 Å². The zero-order valence-corrected chi connectivity index (χ0v) is 32.5. The number of nitrogens with one attached hydrogen (secondary N) is 2. The molecule has 58 heavy (non-hydrogen) atoms. The van der Waals surface area contributed by atoms with Crippen molar-refractivity contribution in [3.8, 4) is 0 Å². The van der Waals surface area contributed by atoms with Crippen LogP contribution in [0.3, 0.4) is 0 Å². The lowest BCUT2D eigenvalue weighted by Gasteiger charge is -2.22. The number of imidazole rings is 2. The van der Waals surface area contributed by atoms with Crippen molar-refractivity contribution < 1.29 is 94.9 Å². The molecule has 6 rings (SSSR count). The first-order valence-electron chi connectivity index (χ1n) is 16.5. The van der Waals surface area contributed by atoms with Gasteiger partial charge in [0, 0.05) is 0 Å². The highest BCUT2D eigenvalue weighted by Gasteiger charge is 2.49. The molecule has 2 aliphatic heterocycles. The maximum atomic E-state index is 12.7. The maximum absolute atomic E-state index is 12.7. The predicted molar refractivity (Wildman–Crippen MR) is 184 cm³/mol. The molecule has 0 aliphatic carbocycles. The van der Waals surface area contributed by atoms with Crippen LogP contribution in [0.2, 0.25) is 0 Å². The molecule has 33 heteroatoms. The Hall–Kier alpha value is -3.61. The second kappa shape index (κ2) is 16.4. The minimum absolute atomic E-state index is 0.0317. The number of rotatable bonds is 16. The van der Waals surface area contributed by atoms with Gasteiger partial charge in [0.05, 0.1) is 40.5 Å². The third-order valence-corrected chi connectivity index (χ3v) is 11.2. The van der Waals surface area contributed by atoms with Crippen molar-refractivity contribution in [3.63, 3.8) is 0 Å². The Kier molecular flexibility index (Phi) is 12.5. The lowest BCUT2D eigenvalue weighted by atomic mass is 10.1. The SMILES string of the molecule is Cn1c[n+]([C@@H]2OC(COP(=O)(O)OCC(COP(=O)(O)OCC3O[C@@H]([n+]4cn(C)c5c(=O)[nH]c(N)nc54)[C@H](O)[C@@H]3O)OP(=O)(O)O)[C@@H](O)[C@H]2O)c2nc(N)[nH]c(=O)c21. The first kappa shape index (κ1) is 44.0. The fourth-order valence-corrected chi connectivity index (χ4v) is 8.21. The van der Waals surface area contributed by atoms with Crippen LogP contribution in [0.5, 0.6) is 0 Å². The molecule has 2 aliphatic rings. The van der Waals surface area contributed by atoms with E-state index >= 15 is 0 Å². The van der Waals surface area contributed by atoms with Gasteiger partial charge in [0.15, 0.2) is 12.7 Å². The molecule has 30 nitrogen and oxygen atoms in total. The lowest BCUT2D eigenvalue weighted by molar-refractivity contribution is -0.746. The van der Waals surface area contributed by atoms with E-state index in [-0.39, 0.29) is 34.2 Å². The van der Waals surface area contributed by atoms with E-state index in [1.807, 2.05) is 0 Å². The second-order valence-electron chi connectivity index (χ2n) is 12.9. The number of fused-ring (bicyclic) bond motifs is 2. The first-order chi connectivity index (χ1) is 26.9. The number of H-pyrrole nitrogens is 2. The molecule has 4 aromatic rings. The molecule has 4 unspecified atom stereocenters. The van der Waals surface area contributed by atoms with Gasteiger partial charge in [0.2, 0.25) is 23.5 Å². The summed E-state index contributed by atoms with van der Waals surface area (Å²) >= 11 is 0. The van der Waals surface area contributed by atoms with E-state index < -0.39 is 116 Å². The molecular weight excluding hydrogens is 853 g/mol. The monoisotopic (exact) mass is 892 g/mol. The van der Waals surface area contributed by atoms with Crippen molar-refractivity contribution in [1.82, 2.24) is 29.1 Å². The summed E-state index contributed by atoms with van der Waals surface area (Å²) in [5, 5.41) is 42.6. The zero-order chi connectivity index (χ0) is 42.6. The van der Waals surface area contributed by atoms with Crippen LogP contribution in [0.4, 0.5) is 11.9 Å². The maximum Gasteiger partial charge on any atom is 0.472 e. The topological polar surface area (TPSA) is 439 Å². The number of nitrogens with zero attached hydrogens (tertiary/aromatic N) is 6. The summed E-state index contributed by atoms with van der Waals surface area (Å²) in [6, 6.07) is 0. The van der Waals surface area contributed by atoms with E-state index in [0.29, 0.717) is 0 Å². The Bertz CT molecular complexity index is 2280. The second-order valence-corrected chi connectivity index (χ2v) is 17.0. The molecule has 0 spiro atoms. The van der Waals surface area contributed by atoms with E-state index in [0.717, 1.165) is 0 Å². The molecule has 4 aromatic heterocycles. The highest BCUT2D eigenvalue weighted by molar-refractivity contribution is 7.47. The number of hydrogen-bond acceptors (Lipinski definition) is 20. The summed E-state index contributed by atoms with van der Waals surface area (Å²) in [5.74, 6) is -0.527. The van der Waals surface area contributed by atoms with Gasteiger partial charge in [-0.05, 0) is 0 Å². The number of aryl methyl sites for hydroxylation is 2. The molecule has 0 saturated carbocycles. The van der Waals surface area contributed by atoms with Gasteiger partial charge in [-0.2, -0.15) is 0 Å². The Balaban J connectivity index is 1.03. The van der Waals surface area contributed by atoms with E-state index in [4.69, 9.17) is 39.0 Å². The summed E-state index contributed by atoms with van der Waals surface area (Å²) in [6.45, 7) is -4.30. The average molecular weight is 893 g/mol. The number of anilines is 2. The quantitative estimate of drug-likeness (QED) is 0.0368. The van der Waals surface area contributed by atoms with Gasteiger partial charge in [-0.15, -0.1) is 0 Å². The summed E-state index contributed by atoms with van der Waals surface area (Å²) in [7, 11) is -12.9. The van der Waals surface area contributed by atoms with Crippen LogP contribution >= 0.6 is 23.5 Å². The molecule has 2 saturated heterocycles. The van der Waals surface area contributed by atoms with Gasteiger partial charge in [0.1, 0.15) is 42.7 Å². The number of ether oxygens (including phenoxy) is 2. The Morgan fingerprint density at radius 2 is 1.10 bits per heavy atom. The third kappa shape index (κ3) is 9.39. The van der Waals surface area contributed by atoms with Crippen LogP contribution in [-0.4, -0.2) is 138 Å². The van der Waals surface area contributed by atoms with Crippen molar-refractivity contribution in [1.29, 1.82) is 0 Å². The summed E-state index contributed by atoms with van der Waals surface area (Å²) in [5.41, 5.74) is 10.0. The van der Waals surface area contributed by atoms with E-state index in [1.165, 1.54) is 45.0 Å². The number of nitrogens with two attached hydrogens (primary N) is 2. The normalized spacial score (nSPS) is 28.0. The first-order valence-corrected chi connectivity index (χ1v) is 21.0. The molecule has 2 fully saturated rings. The molecule has 322 valence electrons. The van der Waals surface area contributed by atoms with Gasteiger partial charge in [0.25, 0.3) is 23.0 Å². The van der Waals surface area contributed by atoms with Crippen molar-refractivity contribution in [2.24, 2.45) is 14.1 Å². The minimum atomic E-state index is -5.42. The molecule has 0 bridgehead atoms. The third-order valence-electron chi connectivity index (χ3n) is 8.74. The highest BCUT2D eigenvalue weighted by atomic mass is 31.2. The fourth-order valence-electron chi connectivity index (χ4n) is 6.17. The Morgan fingerprint density at radius 3 is 1.47 bits per heavy atom. The molecule has 6 heterocycles. The van der Waals surface area contributed by atoms with Gasteiger partial charge in [-0.3, -0.25) is 51.3 Å². The average Bonchev–Trinajstić information content (AvgIpc) is 3.80. The summed E-state index contributed by atoms with van der Waals surface area (Å²) < 4.78 is 76.9. The van der Waals surface area contributed by atoms with Crippen LogP contribution in [0.25, 0.3) is 22.3 Å². The van der Waals surface area contributed by atoms with E-state index in [1.54, 1.807) is 0 Å². The number of aromatic amines is 2. The molecule has 10 atom stereocenters. The van der Waals surface area contributed by atoms with E-state index in [2.05, 4.69) is 24.5 Å². The standard InChI is InChI=1S/C25H37N10O20P3/c1-32-7-34(18-12(32)20(40)30-24(26)28-18)22-16(38)14(36)10(53-22)5-51-57(45,46)49-3-9(55-56(42,43)44)4-50-58(47,48)52-6-11-15(37)17(39)23(54-11)35-8-33(2)13-19(35)29-25(27)31-21(13)41/h7-11,14-17,22-23,36-39H,3-6H2,1-2H3,(H8-2,26,27,28,29,30,31,40,41,42,43,44,45,46,47,48)/p+2/t9?,10?,11?,14-,15-,16-,17-,22-,23-/m1/s1. The molecular formula is C25H39N10O20P3+2. The lowest BCUT2D eigenvalue weighted by Crippen LogP contribution is -2.46. The number of nitrogen functional groups attached to an aromatic ring is 2. The van der Waals surface area contributed by atoms with Gasteiger partial charge in [-0.25, -0.2) is 22.8 Å². The molecule has 0 radical (unpaired) electrons. The minimum Gasteiger partial charge on any atom is -0.387 e. The van der Waals surface area contributed by atoms with Crippen molar-refractivity contribution in [3.05, 3.63) is 33.4 Å². The largest absolute Gasteiger partial charge is 0.472 e. The van der Waals surface area contributed by atoms with Crippen LogP contribution in [0.15, 0.2) is 22.2 Å². The van der Waals surface area contributed by atoms with Crippen LogP contribution in [-0.2, 0) is 59.9 Å². The molecule has 0 aromatic carbocycles.